The molecule has 0 saturated carbocycles. The molecule has 1 heterocycles. The third-order valence-corrected chi connectivity index (χ3v) is 5.28. The van der Waals surface area contributed by atoms with Gasteiger partial charge in [-0.05, 0) is 56.2 Å². The normalized spacial score (nSPS) is 17.6. The van der Waals surface area contributed by atoms with E-state index in [2.05, 4.69) is 4.90 Å². The maximum Gasteiger partial charge on any atom is 0.189 e. The van der Waals surface area contributed by atoms with Crippen molar-refractivity contribution in [2.24, 2.45) is 0 Å². The molecule has 0 bridgehead atoms. The first-order valence-electron chi connectivity index (χ1n) is 9.84. The highest BCUT2D eigenvalue weighted by atomic mass is 35.5. The second kappa shape index (κ2) is 9.92. The Bertz CT molecular complexity index is 896. The quantitative estimate of drug-likeness (QED) is 0.521. The Morgan fingerprint density at radius 2 is 2.14 bits per heavy atom. The minimum atomic E-state index is -0.337. The van der Waals surface area contributed by atoms with Crippen LogP contribution in [0.5, 0.6) is 11.5 Å². The van der Waals surface area contributed by atoms with Crippen LogP contribution in [0.25, 0.3) is 6.08 Å². The van der Waals surface area contributed by atoms with Crippen LogP contribution in [0.15, 0.2) is 42.5 Å². The summed E-state index contributed by atoms with van der Waals surface area (Å²) in [6.07, 6.45) is 4.44. The highest BCUT2D eigenvalue weighted by Crippen LogP contribution is 2.31. The summed E-state index contributed by atoms with van der Waals surface area (Å²) in [5.41, 5.74) is 1.76. The van der Waals surface area contributed by atoms with Gasteiger partial charge in [0.05, 0.1) is 18.3 Å². The van der Waals surface area contributed by atoms with E-state index in [-0.39, 0.29) is 23.2 Å². The lowest BCUT2D eigenvalue weighted by Crippen LogP contribution is -2.37. The number of hydrogen-bond donors (Lipinski definition) is 2. The van der Waals surface area contributed by atoms with Crippen LogP contribution in [-0.2, 0) is 6.54 Å². The number of β-amino-alcohol motifs (C(OH)–C–C–N with tert-alkyl or cyclic N) is 1. The molecule has 1 unspecified atom stereocenters. The predicted molar refractivity (Wildman–Crippen MR) is 115 cm³/mol. The molecular formula is C23H26ClNO4. The van der Waals surface area contributed by atoms with E-state index in [4.69, 9.17) is 16.3 Å². The molecule has 1 atom stereocenters. The van der Waals surface area contributed by atoms with Crippen molar-refractivity contribution in [2.75, 3.05) is 19.7 Å². The molecule has 3 rings (SSSR count). The van der Waals surface area contributed by atoms with E-state index in [0.717, 1.165) is 30.5 Å². The third kappa shape index (κ3) is 5.60. The van der Waals surface area contributed by atoms with E-state index in [9.17, 15) is 15.0 Å². The van der Waals surface area contributed by atoms with Crippen molar-refractivity contribution in [3.8, 4) is 11.5 Å². The van der Waals surface area contributed by atoms with Crippen molar-refractivity contribution in [3.05, 3.63) is 64.2 Å². The minimum absolute atomic E-state index is 0.121. The molecule has 2 N–H and O–H groups in total. The van der Waals surface area contributed by atoms with E-state index in [1.165, 1.54) is 12.1 Å². The molecule has 2 aromatic rings. The number of halogens is 1. The number of allylic oxidation sites excluding steroid dienone is 1. The zero-order valence-corrected chi connectivity index (χ0v) is 17.2. The fourth-order valence-corrected chi connectivity index (χ4v) is 3.70. The van der Waals surface area contributed by atoms with Gasteiger partial charge in [-0.15, -0.1) is 0 Å². The SMILES string of the molecule is CCOc1cc(O)c(C(=O)/C=C/c2ccccc2Cl)cc1CN1CCCC(O)C1. The van der Waals surface area contributed by atoms with Crippen LogP contribution in [0.1, 0.15) is 41.3 Å². The number of phenolic OH excluding ortho intramolecular Hbond substituents is 1. The van der Waals surface area contributed by atoms with Crippen LogP contribution in [0.3, 0.4) is 0 Å². The summed E-state index contributed by atoms with van der Waals surface area (Å²) in [6, 6.07) is 10.4. The Morgan fingerprint density at radius 3 is 2.86 bits per heavy atom. The molecule has 6 heteroatoms. The van der Waals surface area contributed by atoms with Crippen molar-refractivity contribution in [3.63, 3.8) is 0 Å². The summed E-state index contributed by atoms with van der Waals surface area (Å²) < 4.78 is 5.67. The second-order valence-corrected chi connectivity index (χ2v) is 7.57. The topological polar surface area (TPSA) is 70.0 Å². The Hall–Kier alpha value is -2.34. The van der Waals surface area contributed by atoms with Gasteiger partial charge >= 0.3 is 0 Å². The fraction of sp³-hybridized carbons (Fsp3) is 0.348. The molecule has 0 spiro atoms. The number of benzene rings is 2. The summed E-state index contributed by atoms with van der Waals surface area (Å²) in [5, 5.41) is 20.9. The molecule has 0 radical (unpaired) electrons. The number of piperidine rings is 1. The standard InChI is InChI=1S/C23H26ClNO4/c1-2-29-23-13-22(28)19(12-17(23)14-25-11-5-7-18(26)15-25)21(27)10-9-16-6-3-4-8-20(16)24/h3-4,6,8-10,12-13,18,26,28H,2,5,7,11,14-15H2,1H3/b10-9+. The number of likely N-dealkylation sites (tertiary alicyclic amines) is 1. The van der Waals surface area contributed by atoms with E-state index in [1.807, 2.05) is 25.1 Å². The number of aliphatic hydroxyl groups excluding tert-OH is 1. The maximum atomic E-state index is 12.7. The molecule has 0 aromatic heterocycles. The molecular weight excluding hydrogens is 390 g/mol. The van der Waals surface area contributed by atoms with Crippen molar-refractivity contribution in [1.82, 2.24) is 4.90 Å². The van der Waals surface area contributed by atoms with Gasteiger partial charge in [-0.25, -0.2) is 0 Å². The van der Waals surface area contributed by atoms with Gasteiger partial charge in [0, 0.05) is 29.7 Å². The number of carbonyl (C=O) groups excluding carboxylic acids is 1. The van der Waals surface area contributed by atoms with Gasteiger partial charge in [0.1, 0.15) is 11.5 Å². The minimum Gasteiger partial charge on any atom is -0.507 e. The molecule has 1 aliphatic rings. The summed E-state index contributed by atoms with van der Waals surface area (Å²) in [6.45, 7) is 4.33. The third-order valence-electron chi connectivity index (χ3n) is 4.94. The van der Waals surface area contributed by atoms with Gasteiger partial charge < -0.3 is 14.9 Å². The lowest BCUT2D eigenvalue weighted by atomic mass is 10.0. The Labute approximate surface area is 176 Å². The van der Waals surface area contributed by atoms with E-state index >= 15 is 0 Å². The van der Waals surface area contributed by atoms with Crippen LogP contribution < -0.4 is 4.74 Å². The molecule has 2 aromatic carbocycles. The van der Waals surface area contributed by atoms with Crippen molar-refractivity contribution in [2.45, 2.75) is 32.4 Å². The van der Waals surface area contributed by atoms with E-state index in [1.54, 1.807) is 18.2 Å². The van der Waals surface area contributed by atoms with E-state index < -0.39 is 0 Å². The number of aromatic hydroxyl groups is 1. The molecule has 154 valence electrons. The summed E-state index contributed by atoms with van der Waals surface area (Å²) in [5.74, 6) is 0.117. The predicted octanol–water partition coefficient (Wildman–Crippen LogP) is 4.30. The average molecular weight is 416 g/mol. The first kappa shape index (κ1) is 21.4. The van der Waals surface area contributed by atoms with Gasteiger partial charge in [-0.2, -0.15) is 0 Å². The van der Waals surface area contributed by atoms with Crippen LogP contribution in [0, 0.1) is 0 Å². The average Bonchev–Trinajstić information content (AvgIpc) is 2.69. The molecule has 1 saturated heterocycles. The monoisotopic (exact) mass is 415 g/mol. The van der Waals surface area contributed by atoms with Crippen molar-refractivity contribution in [1.29, 1.82) is 0 Å². The maximum absolute atomic E-state index is 12.7. The Kier molecular flexibility index (Phi) is 7.31. The van der Waals surface area contributed by atoms with Crippen LogP contribution in [0.2, 0.25) is 5.02 Å². The lowest BCUT2D eigenvalue weighted by Gasteiger charge is -2.30. The molecule has 0 aliphatic carbocycles. The first-order valence-corrected chi connectivity index (χ1v) is 10.2. The van der Waals surface area contributed by atoms with Gasteiger partial charge in [0.15, 0.2) is 5.78 Å². The molecule has 5 nitrogen and oxygen atoms in total. The number of aliphatic hydroxyl groups is 1. The number of rotatable bonds is 7. The van der Waals surface area contributed by atoms with Crippen LogP contribution in [-0.4, -0.2) is 46.7 Å². The van der Waals surface area contributed by atoms with Crippen LogP contribution >= 0.6 is 11.6 Å². The van der Waals surface area contributed by atoms with Crippen molar-refractivity contribution >= 4 is 23.5 Å². The van der Waals surface area contributed by atoms with Crippen molar-refractivity contribution < 1.29 is 19.7 Å². The van der Waals surface area contributed by atoms with Gasteiger partial charge in [-0.1, -0.05) is 29.8 Å². The highest BCUT2D eigenvalue weighted by molar-refractivity contribution is 6.32. The number of hydrogen-bond acceptors (Lipinski definition) is 5. The van der Waals surface area contributed by atoms with Gasteiger partial charge in [0.2, 0.25) is 0 Å². The number of nitrogens with zero attached hydrogens (tertiary/aromatic N) is 1. The number of ketones is 1. The van der Waals surface area contributed by atoms with Crippen LogP contribution in [0.4, 0.5) is 0 Å². The molecule has 29 heavy (non-hydrogen) atoms. The number of phenols is 1. The smallest absolute Gasteiger partial charge is 0.189 e. The zero-order chi connectivity index (χ0) is 20.8. The van der Waals surface area contributed by atoms with Gasteiger partial charge in [0.25, 0.3) is 0 Å². The highest BCUT2D eigenvalue weighted by Gasteiger charge is 2.21. The molecule has 1 aliphatic heterocycles. The Balaban J connectivity index is 1.86. The number of carbonyl (C=O) groups is 1. The fourth-order valence-electron chi connectivity index (χ4n) is 3.51. The Morgan fingerprint density at radius 1 is 1.34 bits per heavy atom. The van der Waals surface area contributed by atoms with E-state index in [0.29, 0.717) is 30.5 Å². The molecule has 1 fully saturated rings. The largest absolute Gasteiger partial charge is 0.507 e. The molecule has 0 amide bonds. The van der Waals surface area contributed by atoms with Gasteiger partial charge in [-0.3, -0.25) is 9.69 Å². The number of ether oxygens (including phenoxy) is 1. The zero-order valence-electron chi connectivity index (χ0n) is 16.5. The first-order chi connectivity index (χ1) is 14.0. The summed E-state index contributed by atoms with van der Waals surface area (Å²) in [7, 11) is 0. The second-order valence-electron chi connectivity index (χ2n) is 7.16. The lowest BCUT2D eigenvalue weighted by molar-refractivity contribution is 0.0662. The summed E-state index contributed by atoms with van der Waals surface area (Å²) >= 11 is 6.13. The summed E-state index contributed by atoms with van der Waals surface area (Å²) in [4.78, 5) is 14.9.